The Morgan fingerprint density at radius 1 is 1.42 bits per heavy atom. The molecule has 0 radical (unpaired) electrons. The highest BCUT2D eigenvalue weighted by Gasteiger charge is 2.38. The lowest BCUT2D eigenvalue weighted by Gasteiger charge is -2.22. The Morgan fingerprint density at radius 2 is 2.11 bits per heavy atom. The van der Waals surface area contributed by atoms with Crippen LogP contribution in [0.4, 0.5) is 19.3 Å². The summed E-state index contributed by atoms with van der Waals surface area (Å²) in [4.78, 5) is 24.0. The van der Waals surface area contributed by atoms with Gasteiger partial charge in [-0.05, 0) is 11.6 Å². The van der Waals surface area contributed by atoms with Crippen LogP contribution in [0.3, 0.4) is 0 Å². The normalized spacial score (nSPS) is 17.4. The van der Waals surface area contributed by atoms with Crippen LogP contribution in [0, 0.1) is 0 Å². The van der Waals surface area contributed by atoms with E-state index in [1.165, 1.54) is 0 Å². The third-order valence-electron chi connectivity index (χ3n) is 2.89. The lowest BCUT2D eigenvalue weighted by molar-refractivity contribution is -0.138. The zero-order valence-corrected chi connectivity index (χ0v) is 9.85. The van der Waals surface area contributed by atoms with Crippen molar-refractivity contribution in [3.63, 3.8) is 0 Å². The molecular weight excluding hydrogens is 258 g/mol. The maximum atomic E-state index is 12.1. The van der Waals surface area contributed by atoms with E-state index in [2.05, 4.69) is 0 Å². The van der Waals surface area contributed by atoms with Gasteiger partial charge in [0.15, 0.2) is 0 Å². The van der Waals surface area contributed by atoms with Gasteiger partial charge in [0.1, 0.15) is 6.04 Å². The number of fused-ring (bicyclic) bond motifs is 1. The highest BCUT2D eigenvalue weighted by molar-refractivity contribution is 6.01. The molecule has 19 heavy (non-hydrogen) atoms. The first kappa shape index (κ1) is 13.3. The summed E-state index contributed by atoms with van der Waals surface area (Å²) in [6.07, 6.45) is -2.50. The first-order valence-corrected chi connectivity index (χ1v) is 5.66. The first-order chi connectivity index (χ1) is 9.00. The number of halogens is 2. The van der Waals surface area contributed by atoms with Gasteiger partial charge in [0.2, 0.25) is 0 Å². The van der Waals surface area contributed by atoms with Crippen LogP contribution >= 0.6 is 0 Å². The van der Waals surface area contributed by atoms with Gasteiger partial charge in [-0.2, -0.15) is 0 Å². The van der Waals surface area contributed by atoms with Crippen LogP contribution < -0.4 is 10.2 Å². The number of hydrogen-bond donors (Lipinski definition) is 2. The fourth-order valence-electron chi connectivity index (χ4n) is 2.08. The number of alkyl halides is 2. The summed E-state index contributed by atoms with van der Waals surface area (Å²) in [5.74, 6) is -1.16. The zero-order valence-electron chi connectivity index (χ0n) is 9.85. The maximum Gasteiger partial charge on any atom is 0.327 e. The minimum absolute atomic E-state index is 0.174. The van der Waals surface area contributed by atoms with Crippen molar-refractivity contribution in [2.75, 3.05) is 11.4 Å². The lowest BCUT2D eigenvalue weighted by Crippen LogP contribution is -2.48. The summed E-state index contributed by atoms with van der Waals surface area (Å²) in [6.45, 7) is -0.802. The van der Waals surface area contributed by atoms with Crippen LogP contribution in [-0.2, 0) is 11.2 Å². The van der Waals surface area contributed by atoms with E-state index in [1.54, 1.807) is 24.3 Å². The van der Waals surface area contributed by atoms with E-state index in [9.17, 15) is 18.4 Å². The Balaban J connectivity index is 2.24. The zero-order chi connectivity index (χ0) is 14.0. The Kier molecular flexibility index (Phi) is 3.64. The fourth-order valence-corrected chi connectivity index (χ4v) is 2.08. The van der Waals surface area contributed by atoms with Crippen molar-refractivity contribution in [1.82, 2.24) is 5.32 Å². The fraction of sp³-hybridized carbons (Fsp3) is 0.333. The van der Waals surface area contributed by atoms with E-state index < -0.39 is 31.0 Å². The van der Waals surface area contributed by atoms with Gasteiger partial charge < -0.3 is 10.4 Å². The molecule has 0 saturated carbocycles. The number of carboxylic acid groups (broad SMARTS) is 1. The van der Waals surface area contributed by atoms with Crippen molar-refractivity contribution in [3.8, 4) is 0 Å². The van der Waals surface area contributed by atoms with Crippen LogP contribution in [-0.4, -0.2) is 36.1 Å². The topological polar surface area (TPSA) is 69.6 Å². The number of aliphatic carboxylic acids is 1. The summed E-state index contributed by atoms with van der Waals surface area (Å²) in [5.41, 5.74) is 1.16. The van der Waals surface area contributed by atoms with Crippen molar-refractivity contribution < 1.29 is 23.5 Å². The molecule has 1 heterocycles. The summed E-state index contributed by atoms with van der Waals surface area (Å²) < 4.78 is 24.2. The summed E-state index contributed by atoms with van der Waals surface area (Å²) in [6, 6.07) is 4.83. The second-order valence-electron chi connectivity index (χ2n) is 4.13. The smallest absolute Gasteiger partial charge is 0.327 e. The Hall–Kier alpha value is -2.18. The number of hydrogen-bond acceptors (Lipinski definition) is 2. The minimum Gasteiger partial charge on any atom is -0.480 e. The number of urea groups is 1. The maximum absolute atomic E-state index is 12.1. The van der Waals surface area contributed by atoms with Gasteiger partial charge in [0.25, 0.3) is 6.43 Å². The van der Waals surface area contributed by atoms with Gasteiger partial charge in [0.05, 0.1) is 6.54 Å². The van der Waals surface area contributed by atoms with E-state index in [4.69, 9.17) is 5.11 Å². The third-order valence-corrected chi connectivity index (χ3v) is 2.89. The molecule has 2 N–H and O–H groups in total. The molecule has 0 fully saturated rings. The summed E-state index contributed by atoms with van der Waals surface area (Å²) >= 11 is 0. The van der Waals surface area contributed by atoms with E-state index in [1.807, 2.05) is 5.32 Å². The highest BCUT2D eigenvalue weighted by atomic mass is 19.3. The van der Waals surface area contributed by atoms with Gasteiger partial charge in [-0.1, -0.05) is 18.2 Å². The van der Waals surface area contributed by atoms with Crippen LogP contribution in [0.15, 0.2) is 24.3 Å². The molecule has 1 unspecified atom stereocenters. The average Bonchev–Trinajstić information content (AvgIpc) is 2.75. The van der Waals surface area contributed by atoms with Crippen molar-refractivity contribution in [1.29, 1.82) is 0 Å². The average molecular weight is 270 g/mol. The number of nitrogens with one attached hydrogen (secondary N) is 1. The molecule has 1 aliphatic rings. The molecule has 1 aromatic carbocycles. The number of rotatable bonds is 3. The first-order valence-electron chi connectivity index (χ1n) is 5.66. The molecule has 0 aliphatic carbocycles. The number of carbonyl (C=O) groups is 2. The number of amides is 2. The number of para-hydroxylation sites is 1. The standard InChI is InChI=1S/C12H12F2N2O3/c13-10(14)6-15-12(19)16-8-4-2-1-3-7(8)5-9(16)11(17)18/h1-4,9-10H,5-6H2,(H,15,19)(H,17,18). The quantitative estimate of drug-likeness (QED) is 0.874. The third kappa shape index (κ3) is 2.64. The van der Waals surface area contributed by atoms with Crippen molar-refractivity contribution >= 4 is 17.7 Å². The molecule has 2 rings (SSSR count). The number of nitrogens with zero attached hydrogens (tertiary/aromatic N) is 1. The number of benzene rings is 1. The van der Waals surface area contributed by atoms with Crippen LogP contribution in [0.25, 0.3) is 0 Å². The Labute approximate surface area is 107 Å². The molecule has 0 saturated heterocycles. The number of carbonyl (C=O) groups excluding carboxylic acids is 1. The van der Waals surface area contributed by atoms with E-state index in [-0.39, 0.29) is 6.42 Å². The van der Waals surface area contributed by atoms with Gasteiger partial charge in [-0.3, -0.25) is 4.90 Å². The molecule has 5 nitrogen and oxygen atoms in total. The van der Waals surface area contributed by atoms with Gasteiger partial charge >= 0.3 is 12.0 Å². The van der Waals surface area contributed by atoms with Crippen molar-refractivity contribution in [2.45, 2.75) is 18.9 Å². The molecule has 2 amide bonds. The Morgan fingerprint density at radius 3 is 2.74 bits per heavy atom. The van der Waals surface area contributed by atoms with Crippen molar-refractivity contribution in [3.05, 3.63) is 29.8 Å². The number of carboxylic acids is 1. The summed E-state index contributed by atoms with van der Waals surface area (Å²) in [5, 5.41) is 11.1. The summed E-state index contributed by atoms with van der Waals surface area (Å²) in [7, 11) is 0. The molecule has 102 valence electrons. The molecule has 0 bridgehead atoms. The highest BCUT2D eigenvalue weighted by Crippen LogP contribution is 2.32. The second kappa shape index (κ2) is 5.21. The SMILES string of the molecule is O=C(O)C1Cc2ccccc2N1C(=O)NCC(F)F. The lowest BCUT2D eigenvalue weighted by atomic mass is 10.1. The monoisotopic (exact) mass is 270 g/mol. The van der Waals surface area contributed by atoms with Crippen molar-refractivity contribution in [2.24, 2.45) is 0 Å². The van der Waals surface area contributed by atoms with E-state index in [0.717, 1.165) is 4.90 Å². The molecule has 7 heteroatoms. The van der Waals surface area contributed by atoms with Gasteiger partial charge in [-0.15, -0.1) is 0 Å². The molecule has 1 aromatic rings. The molecular formula is C12H12F2N2O3. The van der Waals surface area contributed by atoms with E-state index >= 15 is 0 Å². The van der Waals surface area contributed by atoms with Gasteiger partial charge in [-0.25, -0.2) is 18.4 Å². The minimum atomic E-state index is -2.68. The van der Waals surface area contributed by atoms with Crippen LogP contribution in [0.2, 0.25) is 0 Å². The molecule has 1 aliphatic heterocycles. The second-order valence-corrected chi connectivity index (χ2v) is 4.13. The number of anilines is 1. The largest absolute Gasteiger partial charge is 0.480 e. The molecule has 0 aromatic heterocycles. The molecule has 0 spiro atoms. The predicted molar refractivity (Wildman–Crippen MR) is 63.5 cm³/mol. The van der Waals surface area contributed by atoms with E-state index in [0.29, 0.717) is 11.3 Å². The Bertz CT molecular complexity index is 508. The van der Waals surface area contributed by atoms with Crippen LogP contribution in [0.5, 0.6) is 0 Å². The van der Waals surface area contributed by atoms with Crippen LogP contribution in [0.1, 0.15) is 5.56 Å². The molecule has 1 atom stereocenters. The predicted octanol–water partition coefficient (Wildman–Crippen LogP) is 1.48. The van der Waals surface area contributed by atoms with Gasteiger partial charge in [0, 0.05) is 12.1 Å².